The summed E-state index contributed by atoms with van der Waals surface area (Å²) in [7, 11) is 0. The first-order valence-corrected chi connectivity index (χ1v) is 49.2. The van der Waals surface area contributed by atoms with Gasteiger partial charge in [-0.25, -0.2) is 4.79 Å². The first kappa shape index (κ1) is 100. The second-order valence-corrected chi connectivity index (χ2v) is 38.6. The number of aliphatic carboxylic acids is 1. The van der Waals surface area contributed by atoms with Gasteiger partial charge >= 0.3 is 5.97 Å². The van der Waals surface area contributed by atoms with Gasteiger partial charge < -0.3 is 123 Å². The maximum Gasteiger partial charge on any atom is 0.326 e. The van der Waals surface area contributed by atoms with Gasteiger partial charge in [0.05, 0.1) is 32.2 Å². The molecule has 14 fully saturated rings. The Morgan fingerprint density at radius 2 is 0.515 bits per heavy atom. The molecule has 14 rings (SSSR count). The van der Waals surface area contributed by atoms with E-state index in [1.807, 2.05) is 0 Å². The Hall–Kier alpha value is -11.9. The third-order valence-corrected chi connectivity index (χ3v) is 30.1. The smallest absolute Gasteiger partial charge is 0.326 e. The first-order chi connectivity index (χ1) is 65.2. The van der Waals surface area contributed by atoms with Crippen LogP contribution in [0.5, 0.6) is 0 Å². The van der Waals surface area contributed by atoms with Crippen molar-refractivity contribution in [1.82, 2.24) is 100 Å². The van der Waals surface area contributed by atoms with E-state index >= 15 is 0 Å². The minimum absolute atomic E-state index is 0.00326. The SMILES string of the molecule is C[C@H](N)C(=O)N1CCC[C@H]1C(=O)N1CCC[C@H]1C(=O)NCC(=O)N[C@@H](C)C(=O)N[C@@H](CCCN=C(N)N)C(=O)N1CCC[C@H]1C(=O)N1CCC[C@H]1C(=O)N1CCC[C@H]1C(=O)NCC(=O)N1CCC[C@H]1C(=O)N1CCC[C@H]1C(=O)N1CCC[C@H]1C(=O)N1CCC[C@H]1C(=O)NCC(=O)N1CCC[C@H]1C(=O)N1CCC[C@H]1C(=O)N1CCC[C@H]1C(=O)N1CCC[C@H]1C(=O)NCC(=O)N1CCC[C@H]1C(=O)O. The summed E-state index contributed by atoms with van der Waals surface area (Å²) < 4.78 is 0. The molecule has 0 spiro atoms. The Morgan fingerprint density at radius 3 is 0.787 bits per heavy atom. The van der Waals surface area contributed by atoms with Crippen LogP contribution in [0.2, 0.25) is 0 Å². The van der Waals surface area contributed by atoms with Crippen molar-refractivity contribution in [3.8, 4) is 0 Å². The Balaban J connectivity index is 0.522. The molecule has 14 aliphatic heterocycles. The van der Waals surface area contributed by atoms with Gasteiger partial charge in [0.25, 0.3) is 0 Å². The lowest BCUT2D eigenvalue weighted by atomic mass is 10.1. The molecule has 136 heavy (non-hydrogen) atoms. The van der Waals surface area contributed by atoms with Gasteiger partial charge in [0, 0.05) is 98.2 Å². The number of rotatable bonds is 31. The van der Waals surface area contributed by atoms with Crippen LogP contribution in [0.1, 0.15) is 206 Å². The van der Waals surface area contributed by atoms with Crippen molar-refractivity contribution in [1.29, 1.82) is 0 Å². The van der Waals surface area contributed by atoms with Crippen molar-refractivity contribution in [2.75, 3.05) is 124 Å². The zero-order valence-electron chi connectivity index (χ0n) is 77.9. The van der Waals surface area contributed by atoms with Gasteiger partial charge in [-0.15, -0.1) is 0 Å². The highest BCUT2D eigenvalue weighted by Crippen LogP contribution is 2.37. The van der Waals surface area contributed by atoms with Crippen LogP contribution in [0.25, 0.3) is 0 Å². The summed E-state index contributed by atoms with van der Waals surface area (Å²) in [6.07, 6.45) is 11.0. The predicted molar refractivity (Wildman–Crippen MR) is 479 cm³/mol. The number of hydrogen-bond donors (Lipinski definition) is 10. The molecule has 46 heteroatoms. The van der Waals surface area contributed by atoms with Crippen molar-refractivity contribution < 1.29 is 106 Å². The number of likely N-dealkylation sites (tertiary alicyclic amines) is 14. The number of amides is 20. The molecule has 46 nitrogen and oxygen atoms in total. The quantitative estimate of drug-likeness (QED) is 0.0175. The van der Waals surface area contributed by atoms with Gasteiger partial charge in [0.15, 0.2) is 5.96 Å². The summed E-state index contributed by atoms with van der Waals surface area (Å²) in [4.78, 5) is 319. The molecule has 14 heterocycles. The van der Waals surface area contributed by atoms with Crippen molar-refractivity contribution in [2.24, 2.45) is 22.2 Å². The van der Waals surface area contributed by atoms with Gasteiger partial charge in [-0.2, -0.15) is 0 Å². The molecule has 0 aromatic carbocycles. The van der Waals surface area contributed by atoms with E-state index in [4.69, 9.17) is 17.2 Å². The highest BCUT2D eigenvalue weighted by atomic mass is 16.4. The Morgan fingerprint density at radius 1 is 0.294 bits per heavy atom. The average molecular weight is 1900 g/mol. The fourth-order valence-electron chi connectivity index (χ4n) is 23.2. The molecule has 13 N–H and O–H groups in total. The van der Waals surface area contributed by atoms with Crippen LogP contribution < -0.4 is 49.1 Å². The molecule has 14 aliphatic rings. The molecule has 0 aromatic heterocycles. The number of carbonyl (C=O) groups excluding carboxylic acids is 20. The van der Waals surface area contributed by atoms with E-state index in [1.54, 1.807) is 6.92 Å². The van der Waals surface area contributed by atoms with E-state index < -0.39 is 241 Å². The minimum Gasteiger partial charge on any atom is -0.480 e. The lowest BCUT2D eigenvalue weighted by molar-refractivity contribution is -0.153. The lowest BCUT2D eigenvalue weighted by Crippen LogP contribution is -2.59. The summed E-state index contributed by atoms with van der Waals surface area (Å²) in [6, 6.07) is -16.6. The second kappa shape index (κ2) is 44.5. The van der Waals surface area contributed by atoms with Crippen LogP contribution in [-0.2, 0) is 101 Å². The Labute approximate surface area is 788 Å². The van der Waals surface area contributed by atoms with E-state index in [0.29, 0.717) is 141 Å². The van der Waals surface area contributed by atoms with Crippen molar-refractivity contribution in [2.45, 2.75) is 309 Å². The maximum atomic E-state index is 14.9. The standard InChI is InChI=1S/C90H134N24O22/c1-52(91)78(124)108-41-10-25-61(108)82(128)104-37-4-19-55(104)74(120)95-48-69(115)99-53(2)73(119)100-54(18-3-33-94-90(92)93)79(125)109-42-11-26-62(109)86(132)112-45-12-27-63(112)83(129)105-38-5-20-56(105)75(121)96-49-70(116)101-34-8-23-59(101)80(126)110-43-15-30-66(110)87(133)113-46-13-28-64(113)84(130)106-39-6-21-57(106)76(122)97-50-71(117)102-35-9-24-60(102)81(127)111-44-16-31-67(111)88(134)114-47-14-29-65(114)85(131)107-40-7-22-58(107)77(123)98-51-72(118)103-36-17-32-68(103)89(135)136/h52-68H,3-51,91H2,1-2H3,(H,95,120)(H,96,121)(H,97,122)(H,98,123)(H,99,115)(H,100,119)(H,135,136)(H4,92,93,94)/t52-,53-,54-,55-,56-,57-,58-,59-,60-,61-,62-,63-,64-,65-,66-,67-,68-/m0/s1. The van der Waals surface area contributed by atoms with Gasteiger partial charge in [-0.3, -0.25) is 101 Å². The minimum atomic E-state index is -1.25. The van der Waals surface area contributed by atoms with Crippen LogP contribution in [0, 0.1) is 0 Å². The van der Waals surface area contributed by atoms with E-state index in [-0.39, 0.29) is 167 Å². The number of aliphatic imine (C=N–C) groups is 1. The topological polar surface area (TPSA) is 587 Å². The zero-order chi connectivity index (χ0) is 97.2. The molecule has 0 aliphatic carbocycles. The molecule has 17 atom stereocenters. The van der Waals surface area contributed by atoms with Crippen molar-refractivity contribution in [3.63, 3.8) is 0 Å². The van der Waals surface area contributed by atoms with Gasteiger partial charge in [-0.05, 0) is 206 Å². The average Bonchev–Trinajstić information content (AvgIpc) is 1.63. The van der Waals surface area contributed by atoms with Crippen LogP contribution in [0.3, 0.4) is 0 Å². The molecule has 0 saturated carbocycles. The third kappa shape index (κ3) is 21.7. The molecule has 14 saturated heterocycles. The highest BCUT2D eigenvalue weighted by Gasteiger charge is 2.54. The van der Waals surface area contributed by atoms with E-state index in [0.717, 1.165) is 0 Å². The molecular weight excluding hydrogens is 1770 g/mol. The summed E-state index contributed by atoms with van der Waals surface area (Å²) in [5, 5.41) is 25.4. The number of guanidine groups is 1. The van der Waals surface area contributed by atoms with Gasteiger partial charge in [0.2, 0.25) is 118 Å². The Kier molecular flexibility index (Phi) is 32.7. The fourth-order valence-corrected chi connectivity index (χ4v) is 23.2. The van der Waals surface area contributed by atoms with Crippen molar-refractivity contribution >= 4 is 130 Å². The van der Waals surface area contributed by atoms with E-state index in [2.05, 4.69) is 36.9 Å². The molecule has 0 unspecified atom stereocenters. The molecule has 0 radical (unpaired) electrons. The molecular formula is C90H134N24O22. The fraction of sp³-hybridized carbons (Fsp3) is 0.756. The van der Waals surface area contributed by atoms with E-state index in [9.17, 15) is 106 Å². The van der Waals surface area contributed by atoms with Crippen LogP contribution in [0.4, 0.5) is 0 Å². The van der Waals surface area contributed by atoms with E-state index in [1.165, 1.54) is 75.5 Å². The maximum absolute atomic E-state index is 14.9. The van der Waals surface area contributed by atoms with Crippen LogP contribution in [0.15, 0.2) is 4.99 Å². The second-order valence-electron chi connectivity index (χ2n) is 38.6. The Bertz CT molecular complexity index is 4670. The van der Waals surface area contributed by atoms with Gasteiger partial charge in [0.1, 0.15) is 96.7 Å². The number of nitrogens with one attached hydrogen (secondary N) is 6. The summed E-state index contributed by atoms with van der Waals surface area (Å²) in [6.45, 7) is 4.02. The first-order valence-electron chi connectivity index (χ1n) is 49.2. The number of carboxylic acids is 1. The molecule has 0 bridgehead atoms. The summed E-state index contributed by atoms with van der Waals surface area (Å²) in [5.74, 6) is -11.8. The molecule has 746 valence electrons. The normalized spacial score (nSPS) is 27.8. The van der Waals surface area contributed by atoms with Crippen LogP contribution >= 0.6 is 0 Å². The monoisotopic (exact) mass is 1900 g/mol. The number of carboxylic acid groups (broad SMARTS) is 1. The largest absolute Gasteiger partial charge is 0.480 e. The van der Waals surface area contributed by atoms with Crippen LogP contribution in [-0.4, -0.2) is 431 Å². The summed E-state index contributed by atoms with van der Waals surface area (Å²) >= 11 is 0. The lowest BCUT2D eigenvalue weighted by Gasteiger charge is -2.36. The molecule has 20 amide bonds. The molecule has 0 aromatic rings. The highest BCUT2D eigenvalue weighted by molar-refractivity contribution is 6.03. The number of carbonyl (C=O) groups is 21. The predicted octanol–water partition coefficient (Wildman–Crippen LogP) is -6.20. The number of hydrogen-bond acceptors (Lipinski definition) is 23. The summed E-state index contributed by atoms with van der Waals surface area (Å²) in [5.41, 5.74) is 17.0. The van der Waals surface area contributed by atoms with Crippen molar-refractivity contribution in [3.05, 3.63) is 0 Å². The third-order valence-electron chi connectivity index (χ3n) is 30.1. The number of nitrogens with zero attached hydrogens (tertiary/aromatic N) is 15. The van der Waals surface area contributed by atoms with Gasteiger partial charge in [-0.1, -0.05) is 0 Å². The number of nitrogens with two attached hydrogens (primary N) is 3. The zero-order valence-corrected chi connectivity index (χ0v) is 77.9.